The van der Waals surface area contributed by atoms with Gasteiger partial charge in [-0.2, -0.15) is 0 Å². The summed E-state index contributed by atoms with van der Waals surface area (Å²) in [5.41, 5.74) is 9.86. The Morgan fingerprint density at radius 3 is 2.18 bits per heavy atom. The molecule has 0 aliphatic heterocycles. The summed E-state index contributed by atoms with van der Waals surface area (Å²) in [6, 6.07) is 0. The molecule has 0 spiro atoms. The number of carbonyl (C=O) groups is 2. The lowest BCUT2D eigenvalue weighted by Gasteiger charge is -2.05. The van der Waals surface area contributed by atoms with Crippen LogP contribution in [0.1, 0.15) is 26.2 Å². The lowest BCUT2D eigenvalue weighted by Crippen LogP contribution is -2.17. The second-order valence-electron chi connectivity index (χ2n) is 2.78. The fraction of sp³-hybridized carbons (Fsp3) is 0.714. The lowest BCUT2D eigenvalue weighted by molar-refractivity contribution is -0.120. The number of amides is 2. The molecule has 0 radical (unpaired) electrons. The van der Waals surface area contributed by atoms with Crippen LogP contribution in [0.2, 0.25) is 0 Å². The summed E-state index contributed by atoms with van der Waals surface area (Å²) in [4.78, 5) is 20.7. The predicted octanol–water partition coefficient (Wildman–Crippen LogP) is -0.237. The van der Waals surface area contributed by atoms with Crippen molar-refractivity contribution >= 4 is 11.8 Å². The van der Waals surface area contributed by atoms with Gasteiger partial charge in [0.25, 0.3) is 0 Å². The van der Waals surface area contributed by atoms with Crippen LogP contribution in [0.5, 0.6) is 0 Å². The van der Waals surface area contributed by atoms with Crippen LogP contribution in [0.4, 0.5) is 0 Å². The largest absolute Gasteiger partial charge is 0.370 e. The van der Waals surface area contributed by atoms with E-state index in [2.05, 4.69) is 0 Å². The average molecular weight is 158 g/mol. The highest BCUT2D eigenvalue weighted by molar-refractivity contribution is 5.75. The molecule has 0 aromatic carbocycles. The van der Waals surface area contributed by atoms with E-state index < -0.39 is 0 Å². The summed E-state index contributed by atoms with van der Waals surface area (Å²) >= 11 is 0. The van der Waals surface area contributed by atoms with E-state index in [9.17, 15) is 9.59 Å². The predicted molar refractivity (Wildman–Crippen MR) is 41.4 cm³/mol. The minimum absolute atomic E-state index is 0.153. The summed E-state index contributed by atoms with van der Waals surface area (Å²) in [6.45, 7) is 1.87. The van der Waals surface area contributed by atoms with Gasteiger partial charge in [-0.25, -0.2) is 0 Å². The van der Waals surface area contributed by atoms with E-state index in [4.69, 9.17) is 11.5 Å². The molecule has 0 unspecified atom stereocenters. The molecule has 0 heterocycles. The molecule has 11 heavy (non-hydrogen) atoms. The van der Waals surface area contributed by atoms with Crippen LogP contribution in [0, 0.1) is 5.92 Å². The van der Waals surface area contributed by atoms with Crippen molar-refractivity contribution in [3.63, 3.8) is 0 Å². The molecule has 0 bridgehead atoms. The highest BCUT2D eigenvalue weighted by atomic mass is 16.1. The zero-order valence-corrected chi connectivity index (χ0v) is 6.67. The van der Waals surface area contributed by atoms with E-state index in [1.807, 2.05) is 6.92 Å². The minimum Gasteiger partial charge on any atom is -0.370 e. The van der Waals surface area contributed by atoms with Crippen LogP contribution in [-0.4, -0.2) is 11.8 Å². The smallest absolute Gasteiger partial charge is 0.217 e. The quantitative estimate of drug-likeness (QED) is 0.578. The molecule has 0 aromatic heterocycles. The first kappa shape index (κ1) is 9.94. The van der Waals surface area contributed by atoms with E-state index in [1.54, 1.807) is 0 Å². The Hall–Kier alpha value is -1.06. The Balaban J connectivity index is 3.44. The summed E-state index contributed by atoms with van der Waals surface area (Å²) in [5.74, 6) is -0.511. The summed E-state index contributed by atoms with van der Waals surface area (Å²) in [6.07, 6.45) is 1.29. The normalized spacial score (nSPS) is 12.5. The van der Waals surface area contributed by atoms with Crippen molar-refractivity contribution in [3.05, 3.63) is 0 Å². The molecule has 0 fully saturated rings. The van der Waals surface area contributed by atoms with Gasteiger partial charge < -0.3 is 11.5 Å². The van der Waals surface area contributed by atoms with Gasteiger partial charge in [0.05, 0.1) is 0 Å². The van der Waals surface area contributed by atoms with Crippen LogP contribution in [0.15, 0.2) is 0 Å². The van der Waals surface area contributed by atoms with Crippen molar-refractivity contribution in [3.8, 4) is 0 Å². The Morgan fingerprint density at radius 1 is 1.27 bits per heavy atom. The molecule has 1 atom stereocenters. The van der Waals surface area contributed by atoms with Crippen LogP contribution in [0.3, 0.4) is 0 Å². The van der Waals surface area contributed by atoms with Gasteiger partial charge in [-0.1, -0.05) is 6.92 Å². The third kappa shape index (κ3) is 6.83. The van der Waals surface area contributed by atoms with Crippen molar-refractivity contribution < 1.29 is 9.59 Å². The first-order valence-electron chi connectivity index (χ1n) is 3.59. The van der Waals surface area contributed by atoms with Crippen LogP contribution < -0.4 is 11.5 Å². The first-order valence-corrected chi connectivity index (χ1v) is 3.59. The first-order chi connectivity index (χ1) is 5.02. The highest BCUT2D eigenvalue weighted by Gasteiger charge is 2.06. The van der Waals surface area contributed by atoms with Crippen LogP contribution >= 0.6 is 0 Å². The fourth-order valence-electron chi connectivity index (χ4n) is 0.834. The molecular formula is C7H14N2O2. The Bertz CT molecular complexity index is 157. The van der Waals surface area contributed by atoms with E-state index in [0.717, 1.165) is 0 Å². The van der Waals surface area contributed by atoms with Gasteiger partial charge in [0.2, 0.25) is 11.8 Å². The summed E-state index contributed by atoms with van der Waals surface area (Å²) in [7, 11) is 0. The molecule has 64 valence electrons. The average Bonchev–Trinajstić information content (AvgIpc) is 1.82. The van der Waals surface area contributed by atoms with Gasteiger partial charge in [-0.3, -0.25) is 9.59 Å². The van der Waals surface area contributed by atoms with Crippen molar-refractivity contribution in [2.45, 2.75) is 26.2 Å². The van der Waals surface area contributed by atoms with E-state index in [0.29, 0.717) is 19.3 Å². The standard InChI is InChI=1S/C7H14N2O2/c1-5(4-7(9)11)2-3-6(8)10/h5H,2-4H2,1H3,(H2,8,10)(H2,9,11)/t5-/m1/s1. The van der Waals surface area contributed by atoms with E-state index in [-0.39, 0.29) is 17.7 Å². The molecule has 0 aliphatic carbocycles. The molecule has 2 amide bonds. The third-order valence-electron chi connectivity index (χ3n) is 1.43. The molecule has 4 heteroatoms. The number of carbonyl (C=O) groups excluding carboxylic acids is 2. The number of hydrogen-bond acceptors (Lipinski definition) is 2. The number of hydrogen-bond donors (Lipinski definition) is 2. The molecular weight excluding hydrogens is 144 g/mol. The van der Waals surface area contributed by atoms with E-state index in [1.165, 1.54) is 0 Å². The molecule has 0 aromatic rings. The van der Waals surface area contributed by atoms with Gasteiger partial charge >= 0.3 is 0 Å². The van der Waals surface area contributed by atoms with Crippen LogP contribution in [-0.2, 0) is 9.59 Å². The SMILES string of the molecule is C[C@H](CCC(N)=O)CC(N)=O. The second kappa shape index (κ2) is 4.71. The fourth-order valence-corrected chi connectivity index (χ4v) is 0.834. The van der Waals surface area contributed by atoms with Crippen molar-refractivity contribution in [1.82, 2.24) is 0 Å². The zero-order valence-electron chi connectivity index (χ0n) is 6.67. The van der Waals surface area contributed by atoms with Crippen molar-refractivity contribution in [2.75, 3.05) is 0 Å². The van der Waals surface area contributed by atoms with Gasteiger partial charge in [0.1, 0.15) is 0 Å². The molecule has 4 nitrogen and oxygen atoms in total. The Kier molecular flexibility index (Phi) is 4.26. The molecule has 0 saturated carbocycles. The molecule has 4 N–H and O–H groups in total. The van der Waals surface area contributed by atoms with Crippen LogP contribution in [0.25, 0.3) is 0 Å². The molecule has 0 rings (SSSR count). The molecule has 0 aliphatic rings. The maximum Gasteiger partial charge on any atom is 0.217 e. The summed E-state index contributed by atoms with van der Waals surface area (Å²) in [5, 5.41) is 0. The lowest BCUT2D eigenvalue weighted by atomic mass is 10.0. The topological polar surface area (TPSA) is 86.2 Å². The Morgan fingerprint density at radius 2 is 1.82 bits per heavy atom. The summed E-state index contributed by atoms with van der Waals surface area (Å²) < 4.78 is 0. The molecule has 0 saturated heterocycles. The second-order valence-corrected chi connectivity index (χ2v) is 2.78. The number of rotatable bonds is 5. The van der Waals surface area contributed by atoms with Gasteiger partial charge in [-0.15, -0.1) is 0 Å². The van der Waals surface area contributed by atoms with Gasteiger partial charge in [-0.05, 0) is 12.3 Å². The van der Waals surface area contributed by atoms with Gasteiger partial charge in [0.15, 0.2) is 0 Å². The van der Waals surface area contributed by atoms with Crippen molar-refractivity contribution in [2.24, 2.45) is 17.4 Å². The van der Waals surface area contributed by atoms with Gasteiger partial charge in [0, 0.05) is 12.8 Å². The number of nitrogens with two attached hydrogens (primary N) is 2. The zero-order chi connectivity index (χ0) is 8.85. The maximum absolute atomic E-state index is 10.4. The third-order valence-corrected chi connectivity index (χ3v) is 1.43. The Labute approximate surface area is 65.9 Å². The number of primary amides is 2. The highest BCUT2D eigenvalue weighted by Crippen LogP contribution is 2.08. The van der Waals surface area contributed by atoms with E-state index >= 15 is 0 Å². The van der Waals surface area contributed by atoms with Crippen molar-refractivity contribution in [1.29, 1.82) is 0 Å². The minimum atomic E-state index is -0.332. The monoisotopic (exact) mass is 158 g/mol. The maximum atomic E-state index is 10.4.